The maximum atomic E-state index is 12.5. The molecule has 0 saturated carbocycles. The number of aryl methyl sites for hydroxylation is 1. The standard InChI is InChI=1S/C15H19N3O2/c1-10(2)18(9-12-5-4-6-13(16)8-12)15(19)14-7-11(3)20-17-14/h4-8,10H,9,16H2,1-3H3. The predicted molar refractivity (Wildman–Crippen MR) is 77.1 cm³/mol. The molecule has 0 spiro atoms. The zero-order valence-corrected chi connectivity index (χ0v) is 12.0. The highest BCUT2D eigenvalue weighted by atomic mass is 16.5. The van der Waals surface area contributed by atoms with Crippen LogP contribution in [0.15, 0.2) is 34.9 Å². The first-order valence-electron chi connectivity index (χ1n) is 6.56. The van der Waals surface area contributed by atoms with Gasteiger partial charge in [-0.2, -0.15) is 0 Å². The molecule has 0 bridgehead atoms. The second-order valence-corrected chi connectivity index (χ2v) is 5.09. The molecule has 106 valence electrons. The number of amides is 1. The Balaban J connectivity index is 2.21. The van der Waals surface area contributed by atoms with Crippen molar-refractivity contribution < 1.29 is 9.32 Å². The summed E-state index contributed by atoms with van der Waals surface area (Å²) in [5.41, 5.74) is 7.79. The van der Waals surface area contributed by atoms with Crippen molar-refractivity contribution in [3.63, 3.8) is 0 Å². The number of nitrogens with two attached hydrogens (primary N) is 1. The van der Waals surface area contributed by atoms with Crippen molar-refractivity contribution in [3.05, 3.63) is 47.3 Å². The van der Waals surface area contributed by atoms with Crippen LogP contribution in [0.25, 0.3) is 0 Å². The van der Waals surface area contributed by atoms with Gasteiger partial charge < -0.3 is 15.2 Å². The van der Waals surface area contributed by atoms with Crippen molar-refractivity contribution in [2.45, 2.75) is 33.4 Å². The minimum absolute atomic E-state index is 0.0564. The smallest absolute Gasteiger partial charge is 0.276 e. The Morgan fingerprint density at radius 2 is 2.15 bits per heavy atom. The van der Waals surface area contributed by atoms with E-state index in [1.165, 1.54) is 0 Å². The quantitative estimate of drug-likeness (QED) is 0.869. The second kappa shape index (κ2) is 5.77. The second-order valence-electron chi connectivity index (χ2n) is 5.09. The van der Waals surface area contributed by atoms with E-state index >= 15 is 0 Å². The lowest BCUT2D eigenvalue weighted by molar-refractivity contribution is 0.0679. The molecule has 0 radical (unpaired) electrons. The van der Waals surface area contributed by atoms with E-state index in [0.29, 0.717) is 23.7 Å². The molecule has 20 heavy (non-hydrogen) atoms. The fourth-order valence-corrected chi connectivity index (χ4v) is 1.99. The predicted octanol–water partition coefficient (Wildman–Crippen LogP) is 2.62. The zero-order chi connectivity index (χ0) is 14.7. The molecule has 0 aliphatic heterocycles. The highest BCUT2D eigenvalue weighted by Gasteiger charge is 2.22. The lowest BCUT2D eigenvalue weighted by atomic mass is 10.1. The Hall–Kier alpha value is -2.30. The van der Waals surface area contributed by atoms with Gasteiger partial charge in [0.05, 0.1) is 0 Å². The third-order valence-electron chi connectivity index (χ3n) is 3.04. The van der Waals surface area contributed by atoms with E-state index in [9.17, 15) is 4.79 Å². The number of anilines is 1. The number of hydrogen-bond donors (Lipinski definition) is 1. The van der Waals surface area contributed by atoms with Crippen LogP contribution in [0.1, 0.15) is 35.7 Å². The molecule has 0 aliphatic carbocycles. The molecule has 2 rings (SSSR count). The number of rotatable bonds is 4. The fourth-order valence-electron chi connectivity index (χ4n) is 1.99. The van der Waals surface area contributed by atoms with E-state index in [0.717, 1.165) is 5.56 Å². The lowest BCUT2D eigenvalue weighted by Crippen LogP contribution is -2.36. The molecule has 2 N–H and O–H groups in total. The number of nitrogen functional groups attached to an aromatic ring is 1. The van der Waals surface area contributed by atoms with Crippen molar-refractivity contribution in [1.82, 2.24) is 10.1 Å². The molecule has 1 aromatic heterocycles. The Morgan fingerprint density at radius 3 is 2.70 bits per heavy atom. The summed E-state index contributed by atoms with van der Waals surface area (Å²) in [4.78, 5) is 14.2. The maximum absolute atomic E-state index is 12.5. The summed E-state index contributed by atoms with van der Waals surface area (Å²) in [6, 6.07) is 9.24. The minimum atomic E-state index is -0.140. The summed E-state index contributed by atoms with van der Waals surface area (Å²) in [5, 5.41) is 3.79. The largest absolute Gasteiger partial charge is 0.399 e. The van der Waals surface area contributed by atoms with Crippen LogP contribution in [0.2, 0.25) is 0 Å². The van der Waals surface area contributed by atoms with E-state index in [2.05, 4.69) is 5.16 Å². The highest BCUT2D eigenvalue weighted by Crippen LogP contribution is 2.15. The Labute approximate surface area is 118 Å². The third kappa shape index (κ3) is 3.17. The highest BCUT2D eigenvalue weighted by molar-refractivity contribution is 5.92. The minimum Gasteiger partial charge on any atom is -0.399 e. The average molecular weight is 273 g/mol. The molecular formula is C15H19N3O2. The monoisotopic (exact) mass is 273 g/mol. The van der Waals surface area contributed by atoms with Crippen molar-refractivity contribution >= 4 is 11.6 Å². The van der Waals surface area contributed by atoms with Gasteiger partial charge in [-0.25, -0.2) is 0 Å². The van der Waals surface area contributed by atoms with E-state index in [1.54, 1.807) is 17.9 Å². The Bertz CT molecular complexity index is 605. The molecule has 0 saturated heterocycles. The number of aromatic nitrogens is 1. The van der Waals surface area contributed by atoms with Crippen LogP contribution in [-0.2, 0) is 6.54 Å². The molecule has 0 fully saturated rings. The molecular weight excluding hydrogens is 254 g/mol. The summed E-state index contributed by atoms with van der Waals surface area (Å²) in [6.07, 6.45) is 0. The SMILES string of the molecule is Cc1cc(C(=O)N(Cc2cccc(N)c2)C(C)C)no1. The van der Waals surface area contributed by atoms with Crippen molar-refractivity contribution in [1.29, 1.82) is 0 Å². The summed E-state index contributed by atoms with van der Waals surface area (Å²) in [5.74, 6) is 0.486. The van der Waals surface area contributed by atoms with E-state index < -0.39 is 0 Å². The first kappa shape index (κ1) is 14.1. The topological polar surface area (TPSA) is 72.4 Å². The van der Waals surface area contributed by atoms with Gasteiger partial charge in [0.1, 0.15) is 5.76 Å². The molecule has 1 aromatic carbocycles. The van der Waals surface area contributed by atoms with Crippen LogP contribution in [0.5, 0.6) is 0 Å². The maximum Gasteiger partial charge on any atom is 0.276 e. The molecule has 0 aliphatic rings. The van der Waals surface area contributed by atoms with Crippen molar-refractivity contribution in [2.75, 3.05) is 5.73 Å². The van der Waals surface area contributed by atoms with Gasteiger partial charge in [0.2, 0.25) is 0 Å². The Kier molecular flexibility index (Phi) is 4.08. The van der Waals surface area contributed by atoms with E-state index in [1.807, 2.05) is 38.1 Å². The van der Waals surface area contributed by atoms with Gasteiger partial charge in [0, 0.05) is 24.3 Å². The number of hydrogen-bond acceptors (Lipinski definition) is 4. The molecule has 1 heterocycles. The average Bonchev–Trinajstić information content (AvgIpc) is 2.82. The zero-order valence-electron chi connectivity index (χ0n) is 12.0. The molecule has 1 amide bonds. The summed E-state index contributed by atoms with van der Waals surface area (Å²) in [6.45, 7) is 6.20. The van der Waals surface area contributed by atoms with E-state index in [4.69, 9.17) is 10.3 Å². The third-order valence-corrected chi connectivity index (χ3v) is 3.04. The fraction of sp³-hybridized carbons (Fsp3) is 0.333. The summed E-state index contributed by atoms with van der Waals surface area (Å²) in [7, 11) is 0. The summed E-state index contributed by atoms with van der Waals surface area (Å²) >= 11 is 0. The van der Waals surface area contributed by atoms with Crippen LogP contribution in [0.3, 0.4) is 0 Å². The van der Waals surface area contributed by atoms with E-state index in [-0.39, 0.29) is 11.9 Å². The van der Waals surface area contributed by atoms with Gasteiger partial charge >= 0.3 is 0 Å². The molecule has 0 atom stereocenters. The Morgan fingerprint density at radius 1 is 1.40 bits per heavy atom. The lowest BCUT2D eigenvalue weighted by Gasteiger charge is -2.26. The van der Waals surface area contributed by atoms with Gasteiger partial charge in [-0.05, 0) is 38.5 Å². The van der Waals surface area contributed by atoms with Crippen LogP contribution in [0, 0.1) is 6.92 Å². The van der Waals surface area contributed by atoms with Crippen molar-refractivity contribution in [3.8, 4) is 0 Å². The van der Waals surface area contributed by atoms with Crippen LogP contribution in [0.4, 0.5) is 5.69 Å². The number of benzene rings is 1. The van der Waals surface area contributed by atoms with Crippen LogP contribution in [-0.4, -0.2) is 22.0 Å². The van der Waals surface area contributed by atoms with Gasteiger partial charge in [-0.3, -0.25) is 4.79 Å². The molecule has 2 aromatic rings. The normalized spacial score (nSPS) is 10.8. The molecule has 5 heteroatoms. The molecule has 0 unspecified atom stereocenters. The first-order chi connectivity index (χ1) is 9.47. The van der Waals surface area contributed by atoms with Gasteiger partial charge in [0.25, 0.3) is 5.91 Å². The van der Waals surface area contributed by atoms with Gasteiger partial charge in [-0.1, -0.05) is 17.3 Å². The number of nitrogens with zero attached hydrogens (tertiary/aromatic N) is 2. The first-order valence-corrected chi connectivity index (χ1v) is 6.56. The van der Waals surface area contributed by atoms with Crippen molar-refractivity contribution in [2.24, 2.45) is 0 Å². The van der Waals surface area contributed by atoms with Crippen LogP contribution >= 0.6 is 0 Å². The van der Waals surface area contributed by atoms with Gasteiger partial charge in [0.15, 0.2) is 5.69 Å². The number of carbonyl (C=O) groups is 1. The number of carbonyl (C=O) groups excluding carboxylic acids is 1. The summed E-state index contributed by atoms with van der Waals surface area (Å²) < 4.78 is 4.97. The van der Waals surface area contributed by atoms with Gasteiger partial charge in [-0.15, -0.1) is 0 Å². The van der Waals surface area contributed by atoms with Crippen LogP contribution < -0.4 is 5.73 Å². The molecule has 5 nitrogen and oxygen atoms in total.